The number of halogens is 1. The Labute approximate surface area is 137 Å². The molecule has 0 amide bonds. The second kappa shape index (κ2) is 5.45. The van der Waals surface area contributed by atoms with Crippen molar-refractivity contribution in [2.75, 3.05) is 0 Å². The maximum absolute atomic E-state index is 6.40. The number of rotatable bonds is 3. The van der Waals surface area contributed by atoms with Crippen LogP contribution < -0.4 is 5.46 Å². The minimum atomic E-state index is -0.422. The Hall–Kier alpha value is -1.23. The standard InChI is InChI=1S/C17H21BClNO2/c1-16(2)17(3,4)22-18(21-16)14-11-20(12-15(14)19)10-13-8-6-5-7-9-13/h5-9,11-12H,10H2,1-4H3. The molecule has 5 heteroatoms. The fourth-order valence-electron chi connectivity index (χ4n) is 2.53. The summed E-state index contributed by atoms with van der Waals surface area (Å²) in [5.74, 6) is 0. The van der Waals surface area contributed by atoms with Crippen molar-refractivity contribution in [1.29, 1.82) is 0 Å². The van der Waals surface area contributed by atoms with Crippen molar-refractivity contribution in [2.24, 2.45) is 0 Å². The Balaban J connectivity index is 1.82. The van der Waals surface area contributed by atoms with Gasteiger partial charge < -0.3 is 13.9 Å². The Kier molecular flexibility index (Phi) is 3.88. The van der Waals surface area contributed by atoms with Gasteiger partial charge in [0.05, 0.1) is 16.2 Å². The molecule has 1 aliphatic heterocycles. The van der Waals surface area contributed by atoms with Gasteiger partial charge >= 0.3 is 7.12 Å². The van der Waals surface area contributed by atoms with Crippen LogP contribution in [0, 0.1) is 0 Å². The highest BCUT2D eigenvalue weighted by atomic mass is 35.5. The van der Waals surface area contributed by atoms with Gasteiger partial charge in [-0.2, -0.15) is 0 Å². The minimum absolute atomic E-state index is 0.359. The van der Waals surface area contributed by atoms with E-state index in [1.54, 1.807) is 0 Å². The van der Waals surface area contributed by atoms with Gasteiger partial charge in [-0.1, -0.05) is 41.9 Å². The lowest BCUT2D eigenvalue weighted by molar-refractivity contribution is 0.00578. The first-order valence-corrected chi connectivity index (χ1v) is 7.91. The predicted octanol–water partition coefficient (Wildman–Crippen LogP) is 3.49. The molecule has 0 unspecified atom stereocenters. The highest BCUT2D eigenvalue weighted by Crippen LogP contribution is 2.37. The molecule has 0 atom stereocenters. The molecular formula is C17H21BClNO2. The molecule has 1 aliphatic rings. The second-order valence-corrected chi connectivity index (χ2v) is 7.21. The van der Waals surface area contributed by atoms with E-state index in [9.17, 15) is 0 Å². The summed E-state index contributed by atoms with van der Waals surface area (Å²) in [6, 6.07) is 10.3. The molecule has 0 saturated carbocycles. The van der Waals surface area contributed by atoms with Gasteiger partial charge in [0.15, 0.2) is 0 Å². The molecule has 1 saturated heterocycles. The molecular weight excluding hydrogens is 296 g/mol. The highest BCUT2D eigenvalue weighted by Gasteiger charge is 2.52. The van der Waals surface area contributed by atoms with E-state index in [1.165, 1.54) is 5.56 Å². The number of benzene rings is 1. The molecule has 0 aliphatic carbocycles. The van der Waals surface area contributed by atoms with E-state index >= 15 is 0 Å². The molecule has 22 heavy (non-hydrogen) atoms. The van der Waals surface area contributed by atoms with Crippen LogP contribution in [0.15, 0.2) is 42.7 Å². The summed E-state index contributed by atoms with van der Waals surface area (Å²) >= 11 is 6.40. The summed E-state index contributed by atoms with van der Waals surface area (Å²) in [4.78, 5) is 0. The van der Waals surface area contributed by atoms with Gasteiger partial charge in [0.1, 0.15) is 0 Å². The molecule has 0 bridgehead atoms. The normalized spacial score (nSPS) is 19.6. The topological polar surface area (TPSA) is 23.4 Å². The summed E-state index contributed by atoms with van der Waals surface area (Å²) in [6.07, 6.45) is 3.94. The fraction of sp³-hybridized carbons (Fsp3) is 0.412. The number of hydrogen-bond donors (Lipinski definition) is 0. The summed E-state index contributed by atoms with van der Waals surface area (Å²) < 4.78 is 14.2. The molecule has 0 radical (unpaired) electrons. The van der Waals surface area contributed by atoms with E-state index in [2.05, 4.69) is 16.7 Å². The molecule has 3 nitrogen and oxygen atoms in total. The lowest BCUT2D eigenvalue weighted by atomic mass is 9.81. The predicted molar refractivity (Wildman–Crippen MR) is 90.7 cm³/mol. The average Bonchev–Trinajstić information content (AvgIpc) is 2.88. The van der Waals surface area contributed by atoms with Crippen LogP contribution in [0.3, 0.4) is 0 Å². The van der Waals surface area contributed by atoms with Crippen LogP contribution >= 0.6 is 11.6 Å². The third-order valence-electron chi connectivity index (χ3n) is 4.58. The third-order valence-corrected chi connectivity index (χ3v) is 4.89. The molecule has 1 aromatic carbocycles. The zero-order valence-corrected chi connectivity index (χ0v) is 14.2. The van der Waals surface area contributed by atoms with Gasteiger partial charge in [-0.3, -0.25) is 0 Å². The smallest absolute Gasteiger partial charge is 0.399 e. The van der Waals surface area contributed by atoms with E-state index in [0.29, 0.717) is 5.02 Å². The van der Waals surface area contributed by atoms with Crippen molar-refractivity contribution in [3.8, 4) is 0 Å². The first-order chi connectivity index (χ1) is 10.3. The van der Waals surface area contributed by atoms with E-state index < -0.39 is 7.12 Å². The zero-order valence-electron chi connectivity index (χ0n) is 13.5. The molecule has 2 heterocycles. The van der Waals surface area contributed by atoms with Crippen LogP contribution in [0.5, 0.6) is 0 Å². The van der Waals surface area contributed by atoms with Crippen LogP contribution in [0.25, 0.3) is 0 Å². The quantitative estimate of drug-likeness (QED) is 0.809. The lowest BCUT2D eigenvalue weighted by Gasteiger charge is -2.32. The van der Waals surface area contributed by atoms with Gasteiger partial charge in [-0.25, -0.2) is 0 Å². The van der Waals surface area contributed by atoms with E-state index in [0.717, 1.165) is 12.0 Å². The zero-order chi connectivity index (χ0) is 16.0. The molecule has 0 N–H and O–H groups in total. The Morgan fingerprint density at radius 1 is 1.00 bits per heavy atom. The third kappa shape index (κ3) is 2.83. The van der Waals surface area contributed by atoms with Crippen molar-refractivity contribution in [3.63, 3.8) is 0 Å². The molecule has 2 aromatic rings. The number of nitrogens with zero attached hydrogens (tertiary/aromatic N) is 1. The first kappa shape index (κ1) is 15.7. The van der Waals surface area contributed by atoms with Gasteiger partial charge in [-0.05, 0) is 33.3 Å². The summed E-state index contributed by atoms with van der Waals surface area (Å²) in [7, 11) is -0.422. The van der Waals surface area contributed by atoms with Gasteiger partial charge in [-0.15, -0.1) is 0 Å². The van der Waals surface area contributed by atoms with E-state index in [1.807, 2.05) is 58.3 Å². The highest BCUT2D eigenvalue weighted by molar-refractivity contribution is 6.65. The Bertz CT molecular complexity index is 651. The van der Waals surface area contributed by atoms with Gasteiger partial charge in [0, 0.05) is 24.4 Å². The largest absolute Gasteiger partial charge is 0.497 e. The van der Waals surface area contributed by atoms with Crippen molar-refractivity contribution in [1.82, 2.24) is 4.57 Å². The maximum atomic E-state index is 6.40. The summed E-state index contributed by atoms with van der Waals surface area (Å²) in [5.41, 5.74) is 1.40. The van der Waals surface area contributed by atoms with Crippen LogP contribution in [-0.4, -0.2) is 22.9 Å². The van der Waals surface area contributed by atoms with Crippen molar-refractivity contribution in [3.05, 3.63) is 53.3 Å². The minimum Gasteiger partial charge on any atom is -0.399 e. The lowest BCUT2D eigenvalue weighted by Crippen LogP contribution is -2.41. The maximum Gasteiger partial charge on any atom is 0.497 e. The fourth-order valence-corrected chi connectivity index (χ4v) is 2.79. The van der Waals surface area contributed by atoms with Crippen molar-refractivity contribution in [2.45, 2.75) is 45.4 Å². The van der Waals surface area contributed by atoms with Crippen LogP contribution in [0.1, 0.15) is 33.3 Å². The first-order valence-electron chi connectivity index (χ1n) is 7.53. The Morgan fingerprint density at radius 2 is 1.59 bits per heavy atom. The second-order valence-electron chi connectivity index (χ2n) is 6.81. The average molecular weight is 318 g/mol. The number of aromatic nitrogens is 1. The number of hydrogen-bond acceptors (Lipinski definition) is 2. The van der Waals surface area contributed by atoms with Crippen LogP contribution in [0.2, 0.25) is 5.02 Å². The molecule has 1 aromatic heterocycles. The molecule has 116 valence electrons. The van der Waals surface area contributed by atoms with Crippen LogP contribution in [0.4, 0.5) is 0 Å². The molecule has 1 fully saturated rings. The van der Waals surface area contributed by atoms with Gasteiger partial charge in [0.2, 0.25) is 0 Å². The Morgan fingerprint density at radius 3 is 2.18 bits per heavy atom. The SMILES string of the molecule is CC1(C)OB(c2cn(Cc3ccccc3)cc2Cl)OC1(C)C. The van der Waals surface area contributed by atoms with Crippen molar-refractivity contribution >= 4 is 24.2 Å². The van der Waals surface area contributed by atoms with E-state index in [-0.39, 0.29) is 11.2 Å². The monoisotopic (exact) mass is 317 g/mol. The van der Waals surface area contributed by atoms with Gasteiger partial charge in [0.25, 0.3) is 0 Å². The van der Waals surface area contributed by atoms with E-state index in [4.69, 9.17) is 20.9 Å². The molecule has 3 rings (SSSR count). The van der Waals surface area contributed by atoms with Crippen LogP contribution in [-0.2, 0) is 15.9 Å². The summed E-state index contributed by atoms with van der Waals surface area (Å²) in [5, 5.41) is 0.675. The summed E-state index contributed by atoms with van der Waals surface area (Å²) in [6.45, 7) is 8.95. The molecule has 0 spiro atoms. The van der Waals surface area contributed by atoms with Crippen molar-refractivity contribution < 1.29 is 9.31 Å².